The van der Waals surface area contributed by atoms with Gasteiger partial charge in [-0.25, -0.2) is 5.43 Å². The lowest BCUT2D eigenvalue weighted by molar-refractivity contribution is -0.121. The molecular formula is C23H21BrN4O. The lowest BCUT2D eigenvalue weighted by Crippen LogP contribution is -2.24. The third-order valence-electron chi connectivity index (χ3n) is 4.77. The topological polar surface area (TPSA) is 70.2 Å². The van der Waals surface area contributed by atoms with Gasteiger partial charge in [0.15, 0.2) is 5.92 Å². The van der Waals surface area contributed by atoms with Crippen molar-refractivity contribution >= 4 is 28.1 Å². The fraction of sp³-hybridized carbons (Fsp3) is 0.174. The fourth-order valence-electron chi connectivity index (χ4n) is 3.24. The number of benzene rings is 2. The molecule has 6 heteroatoms. The van der Waals surface area contributed by atoms with Crippen LogP contribution in [0.1, 0.15) is 34.0 Å². The van der Waals surface area contributed by atoms with Gasteiger partial charge in [-0.15, -0.1) is 0 Å². The predicted molar refractivity (Wildman–Crippen MR) is 118 cm³/mol. The van der Waals surface area contributed by atoms with Crippen LogP contribution in [-0.2, 0) is 4.79 Å². The monoisotopic (exact) mass is 448 g/mol. The quantitative estimate of drug-likeness (QED) is 0.444. The molecule has 0 aliphatic rings. The molecule has 0 fully saturated rings. The third-order valence-corrected chi connectivity index (χ3v) is 5.66. The summed E-state index contributed by atoms with van der Waals surface area (Å²) < 4.78 is 3.21. The Balaban J connectivity index is 1.79. The Labute approximate surface area is 178 Å². The Morgan fingerprint density at radius 1 is 1.17 bits per heavy atom. The van der Waals surface area contributed by atoms with Gasteiger partial charge in [-0.05, 0) is 56.2 Å². The van der Waals surface area contributed by atoms with E-state index in [4.69, 9.17) is 0 Å². The summed E-state index contributed by atoms with van der Waals surface area (Å²) in [5.41, 5.74) is 8.33. The second kappa shape index (κ2) is 8.89. The van der Waals surface area contributed by atoms with Crippen molar-refractivity contribution in [2.24, 2.45) is 5.10 Å². The van der Waals surface area contributed by atoms with Crippen molar-refractivity contribution in [1.82, 2.24) is 9.99 Å². The molecule has 0 unspecified atom stereocenters. The molecule has 0 saturated heterocycles. The van der Waals surface area contributed by atoms with E-state index in [1.165, 1.54) is 0 Å². The van der Waals surface area contributed by atoms with Gasteiger partial charge >= 0.3 is 0 Å². The molecule has 1 atom stereocenters. The molecule has 0 aliphatic carbocycles. The zero-order valence-corrected chi connectivity index (χ0v) is 18.1. The van der Waals surface area contributed by atoms with Crippen molar-refractivity contribution in [3.8, 4) is 11.8 Å². The summed E-state index contributed by atoms with van der Waals surface area (Å²) >= 11 is 3.53. The summed E-state index contributed by atoms with van der Waals surface area (Å²) in [6, 6.07) is 19.2. The Kier molecular flexibility index (Phi) is 6.30. The molecule has 1 aromatic heterocycles. The molecule has 0 radical (unpaired) electrons. The van der Waals surface area contributed by atoms with Gasteiger partial charge in [0.2, 0.25) is 0 Å². The lowest BCUT2D eigenvalue weighted by Gasteiger charge is -2.11. The maximum Gasteiger partial charge on any atom is 0.261 e. The minimum Gasteiger partial charge on any atom is -0.318 e. The number of carbonyl (C=O) groups is 1. The van der Waals surface area contributed by atoms with Crippen LogP contribution >= 0.6 is 15.9 Å². The highest BCUT2D eigenvalue weighted by molar-refractivity contribution is 9.10. The summed E-state index contributed by atoms with van der Waals surface area (Å²) in [4.78, 5) is 12.4. The van der Waals surface area contributed by atoms with Gasteiger partial charge in [0, 0.05) is 27.1 Å². The SMILES string of the molecule is Cc1cc(-n2c(C)cc(/C=N\NC(=O)[C@@H](C#N)c3ccccc3)c2C)ccc1Br. The molecule has 0 saturated carbocycles. The van der Waals surface area contributed by atoms with E-state index in [1.54, 1.807) is 30.5 Å². The minimum absolute atomic E-state index is 0.452. The smallest absolute Gasteiger partial charge is 0.261 e. The molecule has 1 N–H and O–H groups in total. The Hall–Kier alpha value is -3.17. The Bertz CT molecular complexity index is 1110. The normalized spacial score (nSPS) is 12.0. The summed E-state index contributed by atoms with van der Waals surface area (Å²) in [6.07, 6.45) is 1.61. The molecule has 0 aliphatic heterocycles. The van der Waals surface area contributed by atoms with Crippen molar-refractivity contribution in [3.63, 3.8) is 0 Å². The summed E-state index contributed by atoms with van der Waals surface area (Å²) in [5.74, 6) is -1.35. The van der Waals surface area contributed by atoms with E-state index in [0.717, 1.165) is 32.7 Å². The molecule has 5 nitrogen and oxygen atoms in total. The van der Waals surface area contributed by atoms with Gasteiger partial charge in [0.1, 0.15) is 0 Å². The highest BCUT2D eigenvalue weighted by Gasteiger charge is 2.19. The zero-order chi connectivity index (χ0) is 21.0. The molecule has 29 heavy (non-hydrogen) atoms. The van der Waals surface area contributed by atoms with Crippen LogP contribution in [0.25, 0.3) is 5.69 Å². The molecule has 0 spiro atoms. The van der Waals surface area contributed by atoms with E-state index in [0.29, 0.717) is 5.56 Å². The number of nitrogens with one attached hydrogen (secondary N) is 1. The van der Waals surface area contributed by atoms with E-state index in [9.17, 15) is 10.1 Å². The van der Waals surface area contributed by atoms with Gasteiger partial charge in [-0.2, -0.15) is 10.4 Å². The first-order chi connectivity index (χ1) is 13.9. The van der Waals surface area contributed by atoms with Crippen molar-refractivity contribution in [1.29, 1.82) is 5.26 Å². The highest BCUT2D eigenvalue weighted by atomic mass is 79.9. The van der Waals surface area contributed by atoms with Crippen LogP contribution in [0.2, 0.25) is 0 Å². The number of hydrogen-bond donors (Lipinski definition) is 1. The highest BCUT2D eigenvalue weighted by Crippen LogP contribution is 2.24. The molecule has 1 heterocycles. The van der Waals surface area contributed by atoms with E-state index < -0.39 is 11.8 Å². The number of amides is 1. The summed E-state index contributed by atoms with van der Waals surface area (Å²) in [5, 5.41) is 13.4. The van der Waals surface area contributed by atoms with Crippen LogP contribution in [0.3, 0.4) is 0 Å². The standard InChI is InChI=1S/C23H21BrN4O/c1-15-11-20(9-10-22(15)24)28-16(2)12-19(17(28)3)14-26-27-23(29)21(13-25)18-7-5-4-6-8-18/h4-12,14,21H,1-3H3,(H,27,29)/b26-14-/t21-/m0/s1. The first-order valence-corrected chi connectivity index (χ1v) is 9.94. The number of nitriles is 1. The Morgan fingerprint density at radius 2 is 1.90 bits per heavy atom. The van der Waals surface area contributed by atoms with E-state index >= 15 is 0 Å². The number of rotatable bonds is 5. The average molecular weight is 449 g/mol. The van der Waals surface area contributed by atoms with Crippen LogP contribution < -0.4 is 5.43 Å². The molecule has 3 rings (SSSR count). The molecule has 1 amide bonds. The number of carbonyl (C=O) groups excluding carboxylic acids is 1. The van der Waals surface area contributed by atoms with Gasteiger partial charge in [-0.3, -0.25) is 4.79 Å². The number of aromatic nitrogens is 1. The molecule has 146 valence electrons. The maximum atomic E-state index is 12.4. The third kappa shape index (κ3) is 4.47. The maximum absolute atomic E-state index is 12.4. The molecule has 0 bridgehead atoms. The van der Waals surface area contributed by atoms with Gasteiger partial charge in [0.05, 0.1) is 12.3 Å². The van der Waals surface area contributed by atoms with Crippen LogP contribution in [0.5, 0.6) is 0 Å². The number of halogens is 1. The summed E-state index contributed by atoms with van der Waals surface area (Å²) in [6.45, 7) is 6.09. The van der Waals surface area contributed by atoms with Gasteiger partial charge in [0.25, 0.3) is 5.91 Å². The van der Waals surface area contributed by atoms with Crippen LogP contribution in [0.4, 0.5) is 0 Å². The number of aryl methyl sites for hydroxylation is 2. The first kappa shape index (κ1) is 20.6. The van der Waals surface area contributed by atoms with Crippen molar-refractivity contribution in [2.45, 2.75) is 26.7 Å². The molecule has 3 aromatic rings. The zero-order valence-electron chi connectivity index (χ0n) is 16.5. The second-order valence-corrected chi connectivity index (χ2v) is 7.66. The number of nitrogens with zero attached hydrogens (tertiary/aromatic N) is 3. The second-order valence-electron chi connectivity index (χ2n) is 6.80. The number of hydrazone groups is 1. The van der Waals surface area contributed by atoms with Crippen LogP contribution in [-0.4, -0.2) is 16.7 Å². The predicted octanol–water partition coefficient (Wildman–Crippen LogP) is 4.92. The average Bonchev–Trinajstić information content (AvgIpc) is 2.99. The first-order valence-electron chi connectivity index (χ1n) is 9.15. The number of hydrogen-bond acceptors (Lipinski definition) is 3. The molecular weight excluding hydrogens is 428 g/mol. The Morgan fingerprint density at radius 3 is 2.55 bits per heavy atom. The van der Waals surface area contributed by atoms with Gasteiger partial charge < -0.3 is 4.57 Å². The van der Waals surface area contributed by atoms with E-state index in [-0.39, 0.29) is 0 Å². The van der Waals surface area contributed by atoms with E-state index in [1.807, 2.05) is 38.1 Å². The van der Waals surface area contributed by atoms with Crippen molar-refractivity contribution < 1.29 is 4.79 Å². The van der Waals surface area contributed by atoms with Crippen molar-refractivity contribution in [3.05, 3.63) is 87.1 Å². The molecule has 2 aromatic carbocycles. The van der Waals surface area contributed by atoms with Gasteiger partial charge in [-0.1, -0.05) is 46.3 Å². The lowest BCUT2D eigenvalue weighted by atomic mass is 10.0. The fourth-order valence-corrected chi connectivity index (χ4v) is 3.49. The largest absolute Gasteiger partial charge is 0.318 e. The minimum atomic E-state index is -0.897. The van der Waals surface area contributed by atoms with Crippen LogP contribution in [0, 0.1) is 32.1 Å². The van der Waals surface area contributed by atoms with Crippen molar-refractivity contribution in [2.75, 3.05) is 0 Å². The van der Waals surface area contributed by atoms with Crippen LogP contribution in [0.15, 0.2) is 64.2 Å². The van der Waals surface area contributed by atoms with E-state index in [2.05, 4.69) is 50.1 Å². The summed E-state index contributed by atoms with van der Waals surface area (Å²) in [7, 11) is 0.